The monoisotopic (exact) mass is 338 g/mol. The maximum absolute atomic E-state index is 12.9. The van der Waals surface area contributed by atoms with Crippen molar-refractivity contribution < 1.29 is 9.13 Å². The van der Waals surface area contributed by atoms with Gasteiger partial charge in [-0.1, -0.05) is 18.2 Å². The van der Waals surface area contributed by atoms with E-state index in [2.05, 4.69) is 20.6 Å². The molecule has 0 radical (unpaired) electrons. The van der Waals surface area contributed by atoms with Crippen LogP contribution in [0.1, 0.15) is 5.56 Å². The average Bonchev–Trinajstić information content (AvgIpc) is 2.64. The summed E-state index contributed by atoms with van der Waals surface area (Å²) < 4.78 is 18.1. The zero-order chi connectivity index (χ0) is 17.5. The molecule has 0 unspecified atom stereocenters. The Morgan fingerprint density at radius 1 is 1.08 bits per heavy atom. The highest BCUT2D eigenvalue weighted by Gasteiger charge is 2.01. The van der Waals surface area contributed by atoms with Gasteiger partial charge < -0.3 is 15.4 Å². The molecule has 0 amide bonds. The lowest BCUT2D eigenvalue weighted by Gasteiger charge is -2.09. The van der Waals surface area contributed by atoms with E-state index in [-0.39, 0.29) is 5.82 Å². The lowest BCUT2D eigenvalue weighted by molar-refractivity contribution is 0.415. The molecule has 6 heteroatoms. The molecule has 2 N–H and O–H groups in total. The molecule has 3 aromatic rings. The van der Waals surface area contributed by atoms with Crippen LogP contribution in [0.15, 0.2) is 60.8 Å². The van der Waals surface area contributed by atoms with E-state index in [1.54, 1.807) is 31.5 Å². The second kappa shape index (κ2) is 8.10. The van der Waals surface area contributed by atoms with E-state index in [1.165, 1.54) is 12.1 Å². The van der Waals surface area contributed by atoms with Crippen LogP contribution in [0.3, 0.4) is 0 Å². The van der Waals surface area contributed by atoms with Gasteiger partial charge in [0.15, 0.2) is 0 Å². The molecule has 0 saturated carbocycles. The minimum atomic E-state index is -0.226. The number of nitrogens with one attached hydrogen (secondary N) is 2. The van der Waals surface area contributed by atoms with E-state index in [9.17, 15) is 4.39 Å². The second-order valence-electron chi connectivity index (χ2n) is 5.43. The number of hydrogen-bond acceptors (Lipinski definition) is 5. The zero-order valence-corrected chi connectivity index (χ0v) is 13.9. The van der Waals surface area contributed by atoms with Gasteiger partial charge in [-0.25, -0.2) is 9.37 Å². The maximum atomic E-state index is 12.9. The summed E-state index contributed by atoms with van der Waals surface area (Å²) in [4.78, 5) is 8.65. The van der Waals surface area contributed by atoms with Gasteiger partial charge >= 0.3 is 0 Å². The lowest BCUT2D eigenvalue weighted by Crippen LogP contribution is -2.08. The first-order valence-corrected chi connectivity index (χ1v) is 7.95. The van der Waals surface area contributed by atoms with Crippen molar-refractivity contribution in [2.75, 3.05) is 24.3 Å². The molecular formula is C19H19FN4O. The van der Waals surface area contributed by atoms with Crippen LogP contribution in [0.25, 0.3) is 0 Å². The van der Waals surface area contributed by atoms with Gasteiger partial charge in [-0.05, 0) is 42.3 Å². The number of methoxy groups -OCH3 is 1. The van der Waals surface area contributed by atoms with Crippen LogP contribution in [0.5, 0.6) is 5.75 Å². The minimum Gasteiger partial charge on any atom is -0.497 e. The van der Waals surface area contributed by atoms with Crippen LogP contribution in [0.4, 0.5) is 21.8 Å². The summed E-state index contributed by atoms with van der Waals surface area (Å²) in [5.74, 6) is 1.77. The van der Waals surface area contributed by atoms with E-state index < -0.39 is 0 Å². The first-order valence-electron chi connectivity index (χ1n) is 7.95. The number of rotatable bonds is 7. The number of halogens is 1. The predicted molar refractivity (Wildman–Crippen MR) is 96.9 cm³/mol. The standard InChI is InChI=1S/C19H19FN4O/c1-25-17-4-2-3-16(13-17)23-18-10-12-22-19(24-18)21-11-9-14-5-7-15(20)8-6-14/h2-8,10,12-13H,9,11H2,1H3,(H2,21,22,23,24). The number of ether oxygens (including phenoxy) is 1. The van der Waals surface area contributed by atoms with Gasteiger partial charge in [0.1, 0.15) is 17.4 Å². The number of hydrogen-bond donors (Lipinski definition) is 2. The van der Waals surface area contributed by atoms with Gasteiger partial charge in [0.25, 0.3) is 0 Å². The van der Waals surface area contributed by atoms with Crippen molar-refractivity contribution in [2.45, 2.75) is 6.42 Å². The van der Waals surface area contributed by atoms with E-state index >= 15 is 0 Å². The van der Waals surface area contributed by atoms with E-state index in [0.29, 0.717) is 18.3 Å². The van der Waals surface area contributed by atoms with Crippen LogP contribution < -0.4 is 15.4 Å². The number of aromatic nitrogens is 2. The van der Waals surface area contributed by atoms with Crippen molar-refractivity contribution in [1.82, 2.24) is 9.97 Å². The topological polar surface area (TPSA) is 59.1 Å². The summed E-state index contributed by atoms with van der Waals surface area (Å²) in [6.07, 6.45) is 2.45. The third kappa shape index (κ3) is 4.91. The van der Waals surface area contributed by atoms with Crippen molar-refractivity contribution in [3.8, 4) is 5.75 Å². The normalized spacial score (nSPS) is 10.3. The third-order valence-electron chi connectivity index (χ3n) is 3.61. The molecule has 0 saturated heterocycles. The Hall–Kier alpha value is -3.15. The molecule has 0 bridgehead atoms. The van der Waals surface area contributed by atoms with Gasteiger partial charge in [-0.2, -0.15) is 4.98 Å². The Labute approximate surface area is 145 Å². The third-order valence-corrected chi connectivity index (χ3v) is 3.61. The zero-order valence-electron chi connectivity index (χ0n) is 13.9. The lowest BCUT2D eigenvalue weighted by atomic mass is 10.1. The van der Waals surface area contributed by atoms with Crippen LogP contribution in [-0.4, -0.2) is 23.6 Å². The summed E-state index contributed by atoms with van der Waals surface area (Å²) in [7, 11) is 1.63. The fourth-order valence-electron chi connectivity index (χ4n) is 2.33. The van der Waals surface area contributed by atoms with Gasteiger partial charge in [0.05, 0.1) is 7.11 Å². The van der Waals surface area contributed by atoms with Gasteiger partial charge in [0, 0.05) is 24.5 Å². The molecule has 0 aliphatic rings. The molecule has 25 heavy (non-hydrogen) atoms. The second-order valence-corrected chi connectivity index (χ2v) is 5.43. The predicted octanol–water partition coefficient (Wildman–Crippen LogP) is 4.02. The SMILES string of the molecule is COc1cccc(Nc2ccnc(NCCc3ccc(F)cc3)n2)c1. The van der Waals surface area contributed by atoms with E-state index in [1.807, 2.05) is 24.3 Å². The van der Waals surface area contributed by atoms with Crippen LogP contribution in [0, 0.1) is 5.82 Å². The molecule has 2 aromatic carbocycles. The fraction of sp³-hybridized carbons (Fsp3) is 0.158. The summed E-state index contributed by atoms with van der Waals surface area (Å²) in [6.45, 7) is 0.661. The number of anilines is 3. The number of benzene rings is 2. The van der Waals surface area contributed by atoms with E-state index in [4.69, 9.17) is 4.74 Å². The average molecular weight is 338 g/mol. The highest BCUT2D eigenvalue weighted by atomic mass is 19.1. The molecule has 5 nitrogen and oxygen atoms in total. The van der Waals surface area contributed by atoms with Crippen molar-refractivity contribution >= 4 is 17.5 Å². The van der Waals surface area contributed by atoms with E-state index in [0.717, 1.165) is 23.4 Å². The van der Waals surface area contributed by atoms with Crippen LogP contribution in [-0.2, 0) is 6.42 Å². The molecular weight excluding hydrogens is 319 g/mol. The molecule has 128 valence electrons. The Morgan fingerprint density at radius 2 is 1.92 bits per heavy atom. The first-order chi connectivity index (χ1) is 12.2. The van der Waals surface area contributed by atoms with Gasteiger partial charge in [-0.15, -0.1) is 0 Å². The minimum absolute atomic E-state index is 0.226. The smallest absolute Gasteiger partial charge is 0.224 e. The molecule has 0 atom stereocenters. The Balaban J connectivity index is 1.58. The quantitative estimate of drug-likeness (QED) is 0.681. The summed E-state index contributed by atoms with van der Waals surface area (Å²) in [6, 6.07) is 15.9. The van der Waals surface area contributed by atoms with Crippen molar-refractivity contribution in [3.05, 3.63) is 72.2 Å². The molecule has 0 fully saturated rings. The molecule has 0 spiro atoms. The summed E-state index contributed by atoms with van der Waals surface area (Å²) in [5.41, 5.74) is 1.94. The maximum Gasteiger partial charge on any atom is 0.224 e. The van der Waals surface area contributed by atoms with Crippen LogP contribution >= 0.6 is 0 Å². The van der Waals surface area contributed by atoms with Crippen molar-refractivity contribution in [1.29, 1.82) is 0 Å². The van der Waals surface area contributed by atoms with Crippen LogP contribution in [0.2, 0.25) is 0 Å². The molecule has 1 heterocycles. The molecule has 0 aliphatic heterocycles. The Bertz CT molecular complexity index is 824. The Morgan fingerprint density at radius 3 is 2.72 bits per heavy atom. The largest absolute Gasteiger partial charge is 0.497 e. The fourth-order valence-corrected chi connectivity index (χ4v) is 2.33. The first kappa shape index (κ1) is 16.7. The highest BCUT2D eigenvalue weighted by molar-refractivity contribution is 5.58. The van der Waals surface area contributed by atoms with Gasteiger partial charge in [0.2, 0.25) is 5.95 Å². The number of nitrogens with zero attached hydrogens (tertiary/aromatic N) is 2. The Kier molecular flexibility index (Phi) is 5.41. The van der Waals surface area contributed by atoms with Crippen molar-refractivity contribution in [3.63, 3.8) is 0 Å². The highest BCUT2D eigenvalue weighted by Crippen LogP contribution is 2.20. The van der Waals surface area contributed by atoms with Gasteiger partial charge in [-0.3, -0.25) is 0 Å². The molecule has 0 aliphatic carbocycles. The molecule has 1 aromatic heterocycles. The van der Waals surface area contributed by atoms with Crippen molar-refractivity contribution in [2.24, 2.45) is 0 Å². The summed E-state index contributed by atoms with van der Waals surface area (Å²) >= 11 is 0. The molecule has 3 rings (SSSR count). The summed E-state index contributed by atoms with van der Waals surface area (Å²) in [5, 5.41) is 6.40.